The molecule has 2 aromatic rings. The number of aromatic hydroxyl groups is 1. The Hall–Kier alpha value is -2.02. The molecule has 0 aliphatic rings. The molecule has 1 N–H and O–H groups in total. The van der Waals surface area contributed by atoms with Gasteiger partial charge in [-0.1, -0.05) is 13.3 Å². The van der Waals surface area contributed by atoms with Crippen molar-refractivity contribution >= 4 is 5.65 Å². The van der Waals surface area contributed by atoms with Gasteiger partial charge in [0.2, 0.25) is 0 Å². The molecule has 0 unspecified atom stereocenters. The molecular formula is C12H12N2O2. The van der Waals surface area contributed by atoms with Gasteiger partial charge in [-0.05, 0) is 19.4 Å². The van der Waals surface area contributed by atoms with E-state index >= 15 is 0 Å². The first-order chi connectivity index (χ1) is 7.65. The summed E-state index contributed by atoms with van der Waals surface area (Å²) >= 11 is 0. The lowest BCUT2D eigenvalue weighted by atomic mass is 10.1. The van der Waals surface area contributed by atoms with Gasteiger partial charge >= 0.3 is 0 Å². The maximum atomic E-state index is 12.1. The topological polar surface area (TPSA) is 54.6 Å². The highest BCUT2D eigenvalue weighted by atomic mass is 16.3. The van der Waals surface area contributed by atoms with E-state index in [4.69, 9.17) is 0 Å². The average molecular weight is 216 g/mol. The van der Waals surface area contributed by atoms with Gasteiger partial charge < -0.3 is 5.11 Å². The van der Waals surface area contributed by atoms with Gasteiger partial charge in [0.25, 0.3) is 5.56 Å². The fourth-order valence-electron chi connectivity index (χ4n) is 1.71. The first-order valence-corrected chi connectivity index (χ1v) is 5.18. The molecule has 0 saturated heterocycles. The summed E-state index contributed by atoms with van der Waals surface area (Å²) in [4.78, 5) is 16.3. The Morgan fingerprint density at radius 2 is 2.31 bits per heavy atom. The van der Waals surface area contributed by atoms with E-state index in [2.05, 4.69) is 17.2 Å². The second-order valence-corrected chi connectivity index (χ2v) is 3.68. The average Bonchev–Trinajstić information content (AvgIpc) is 2.26. The predicted molar refractivity (Wildman–Crippen MR) is 59.5 cm³/mol. The van der Waals surface area contributed by atoms with Crippen LogP contribution in [0.2, 0.25) is 0 Å². The van der Waals surface area contributed by atoms with Crippen LogP contribution in [0, 0.1) is 19.2 Å². The quantitative estimate of drug-likeness (QED) is 0.822. The predicted octanol–water partition coefficient (Wildman–Crippen LogP) is 1.26. The molecule has 0 aliphatic carbocycles. The van der Waals surface area contributed by atoms with E-state index in [1.54, 1.807) is 6.92 Å². The van der Waals surface area contributed by atoms with Gasteiger partial charge in [-0.3, -0.25) is 4.79 Å². The first-order valence-electron chi connectivity index (χ1n) is 5.18. The Balaban J connectivity index is 2.84. The van der Waals surface area contributed by atoms with E-state index in [9.17, 15) is 9.90 Å². The third-order valence-electron chi connectivity index (χ3n) is 2.50. The third kappa shape index (κ3) is 1.50. The minimum Gasteiger partial charge on any atom is -0.504 e. The maximum Gasteiger partial charge on any atom is 0.269 e. The van der Waals surface area contributed by atoms with Crippen molar-refractivity contribution in [2.75, 3.05) is 0 Å². The number of nitrogens with zero attached hydrogens (tertiary/aromatic N) is 2. The van der Waals surface area contributed by atoms with Crippen molar-refractivity contribution in [3.63, 3.8) is 0 Å². The zero-order chi connectivity index (χ0) is 11.7. The molecule has 2 rings (SSSR count). The number of aryl methyl sites for hydroxylation is 1. The Labute approximate surface area is 93.2 Å². The van der Waals surface area contributed by atoms with E-state index < -0.39 is 0 Å². The second-order valence-electron chi connectivity index (χ2n) is 3.68. The monoisotopic (exact) mass is 216 g/mol. The van der Waals surface area contributed by atoms with Gasteiger partial charge in [-0.15, -0.1) is 0 Å². The summed E-state index contributed by atoms with van der Waals surface area (Å²) in [5, 5.41) is 9.57. The molecule has 0 fully saturated rings. The van der Waals surface area contributed by atoms with Crippen molar-refractivity contribution in [1.29, 1.82) is 0 Å². The smallest absolute Gasteiger partial charge is 0.269 e. The molecule has 0 radical (unpaired) electrons. The van der Waals surface area contributed by atoms with Crippen molar-refractivity contribution in [3.05, 3.63) is 39.9 Å². The van der Waals surface area contributed by atoms with E-state index in [0.29, 0.717) is 17.7 Å². The van der Waals surface area contributed by atoms with E-state index in [1.165, 1.54) is 10.5 Å². The minimum atomic E-state index is -0.170. The van der Waals surface area contributed by atoms with E-state index in [-0.39, 0.29) is 17.0 Å². The van der Waals surface area contributed by atoms with Crippen LogP contribution in [0.4, 0.5) is 0 Å². The highest BCUT2D eigenvalue weighted by molar-refractivity contribution is 5.51. The van der Waals surface area contributed by atoms with Gasteiger partial charge in [-0.2, -0.15) is 0 Å². The van der Waals surface area contributed by atoms with Crippen LogP contribution in [0.15, 0.2) is 10.9 Å². The SMILES string of the molecule is CCCc1c(C)nc2c(O)cc#cn2c1=O. The molecule has 0 amide bonds. The molecule has 4 heteroatoms. The Morgan fingerprint density at radius 1 is 1.56 bits per heavy atom. The third-order valence-corrected chi connectivity index (χ3v) is 2.50. The van der Waals surface area contributed by atoms with Crippen molar-refractivity contribution in [3.8, 4) is 5.75 Å². The molecule has 2 heterocycles. The number of hydrogen-bond acceptors (Lipinski definition) is 3. The lowest BCUT2D eigenvalue weighted by Crippen LogP contribution is -2.21. The molecule has 0 atom stereocenters. The molecule has 82 valence electrons. The Kier molecular flexibility index (Phi) is 2.53. The summed E-state index contributed by atoms with van der Waals surface area (Å²) < 4.78 is 1.22. The fourth-order valence-corrected chi connectivity index (χ4v) is 1.71. The van der Waals surface area contributed by atoms with Crippen molar-refractivity contribution in [2.45, 2.75) is 26.7 Å². The molecular weight excluding hydrogens is 204 g/mol. The molecule has 2 aromatic heterocycles. The van der Waals surface area contributed by atoms with Gasteiger partial charge in [0.05, 0.1) is 0 Å². The largest absolute Gasteiger partial charge is 0.504 e. The molecule has 4 nitrogen and oxygen atoms in total. The van der Waals surface area contributed by atoms with Crippen LogP contribution in [-0.2, 0) is 6.42 Å². The normalized spacial score (nSPS) is 10.4. The highest BCUT2D eigenvalue weighted by Crippen LogP contribution is 2.13. The van der Waals surface area contributed by atoms with Crippen molar-refractivity contribution in [2.24, 2.45) is 0 Å². The zero-order valence-corrected chi connectivity index (χ0v) is 9.24. The first kappa shape index (κ1) is 10.5. The van der Waals surface area contributed by atoms with Crippen molar-refractivity contribution in [1.82, 2.24) is 9.38 Å². The summed E-state index contributed by atoms with van der Waals surface area (Å²) in [6, 6.07) is 3.93. The van der Waals surface area contributed by atoms with Gasteiger partial charge in [0, 0.05) is 23.5 Å². The maximum absolute atomic E-state index is 12.1. The summed E-state index contributed by atoms with van der Waals surface area (Å²) in [5.41, 5.74) is 1.41. The molecule has 0 spiro atoms. The highest BCUT2D eigenvalue weighted by Gasteiger charge is 2.10. The number of hydrogen-bond donors (Lipinski definition) is 1. The van der Waals surface area contributed by atoms with Gasteiger partial charge in [-0.25, -0.2) is 9.38 Å². The molecule has 0 aromatic carbocycles. The van der Waals surface area contributed by atoms with E-state index in [1.807, 2.05) is 6.92 Å². The fraction of sp³-hybridized carbons (Fsp3) is 0.333. The number of aromatic nitrogens is 2. The molecule has 0 aliphatic heterocycles. The van der Waals surface area contributed by atoms with Crippen LogP contribution >= 0.6 is 0 Å². The second kappa shape index (κ2) is 3.86. The van der Waals surface area contributed by atoms with Crippen molar-refractivity contribution < 1.29 is 5.11 Å². The number of fused-ring (bicyclic) bond motifs is 1. The molecule has 16 heavy (non-hydrogen) atoms. The van der Waals surface area contributed by atoms with Crippen LogP contribution in [-0.4, -0.2) is 14.5 Å². The van der Waals surface area contributed by atoms with Crippen LogP contribution in [0.1, 0.15) is 24.6 Å². The summed E-state index contributed by atoms with van der Waals surface area (Å²) in [5.74, 6) is -0.0537. The molecule has 0 saturated carbocycles. The lowest BCUT2D eigenvalue weighted by molar-refractivity contribution is 0.476. The number of rotatable bonds is 2. The van der Waals surface area contributed by atoms with Gasteiger partial charge in [0.15, 0.2) is 11.4 Å². The molecule has 0 bridgehead atoms. The zero-order valence-electron chi connectivity index (χ0n) is 9.24. The summed E-state index contributed by atoms with van der Waals surface area (Å²) in [6.45, 7) is 3.79. The van der Waals surface area contributed by atoms with Crippen LogP contribution in [0.5, 0.6) is 5.75 Å². The van der Waals surface area contributed by atoms with Crippen LogP contribution < -0.4 is 5.56 Å². The van der Waals surface area contributed by atoms with E-state index in [0.717, 1.165) is 6.42 Å². The van der Waals surface area contributed by atoms with Crippen LogP contribution in [0.3, 0.4) is 0 Å². The standard InChI is InChI=1S/C12H12N2O2/c1-3-5-9-8(2)13-11-10(15)6-4-7-14(11)12(9)16/h6,15H,3,5H2,1-2H3. The summed E-state index contributed by atoms with van der Waals surface area (Å²) in [7, 11) is 0. The Morgan fingerprint density at radius 3 is 3.00 bits per heavy atom. The summed E-state index contributed by atoms with van der Waals surface area (Å²) in [6.07, 6.45) is 4.21. The lowest BCUT2D eigenvalue weighted by Gasteiger charge is -2.05. The van der Waals surface area contributed by atoms with Gasteiger partial charge in [0.1, 0.15) is 0 Å². The van der Waals surface area contributed by atoms with Crippen LogP contribution in [0.25, 0.3) is 5.65 Å². The minimum absolute atomic E-state index is 0.0537. The Bertz CT molecular complexity index is 587.